The third-order valence-electron chi connectivity index (χ3n) is 4.64. The second kappa shape index (κ2) is 7.81. The lowest BCUT2D eigenvalue weighted by molar-refractivity contribution is -0.145. The van der Waals surface area contributed by atoms with Crippen molar-refractivity contribution in [2.45, 2.75) is 57.8 Å². The monoisotopic (exact) mass is 332 g/mol. The lowest BCUT2D eigenvalue weighted by Gasteiger charge is -2.41. The number of carbonyl (C=O) groups is 1. The minimum atomic E-state index is -2.11. The van der Waals surface area contributed by atoms with Gasteiger partial charge in [-0.3, -0.25) is 4.79 Å². The molecular formula is C19H28O3Si. The fourth-order valence-corrected chi connectivity index (χ4v) is 3.45. The van der Waals surface area contributed by atoms with Crippen LogP contribution in [0.25, 0.3) is 0 Å². The van der Waals surface area contributed by atoms with Crippen LogP contribution in [0, 0.1) is 18.3 Å². The molecule has 0 saturated carbocycles. The minimum Gasteiger partial charge on any atom is -0.481 e. The van der Waals surface area contributed by atoms with Crippen LogP contribution in [0.2, 0.25) is 18.1 Å². The van der Waals surface area contributed by atoms with E-state index in [0.29, 0.717) is 12.8 Å². The molecule has 1 N–H and O–H groups in total. The van der Waals surface area contributed by atoms with Gasteiger partial charge in [0.1, 0.15) is 0 Å². The largest absolute Gasteiger partial charge is 0.481 e. The van der Waals surface area contributed by atoms with Crippen LogP contribution in [0.1, 0.15) is 45.3 Å². The van der Waals surface area contributed by atoms with Gasteiger partial charge in [-0.15, -0.1) is 12.3 Å². The molecule has 1 rings (SSSR count). The number of benzene rings is 1. The van der Waals surface area contributed by atoms with Gasteiger partial charge in [0.05, 0.1) is 12.0 Å². The number of aliphatic carboxylic acids is 1. The third-order valence-corrected chi connectivity index (χ3v) is 9.09. The Morgan fingerprint density at radius 1 is 1.30 bits per heavy atom. The maximum atomic E-state index is 11.8. The quantitative estimate of drug-likeness (QED) is 0.573. The highest BCUT2D eigenvalue weighted by Gasteiger charge is 2.42. The molecular weight excluding hydrogens is 304 g/mol. The minimum absolute atomic E-state index is 0.00913. The summed E-state index contributed by atoms with van der Waals surface area (Å²) in [6.45, 7) is 10.7. The van der Waals surface area contributed by atoms with Gasteiger partial charge < -0.3 is 9.53 Å². The first kappa shape index (κ1) is 19.5. The SMILES string of the molecule is C#CCC[C@@H](C(=O)O)[C@H](O[Si](C)(C)C(C)(C)C)c1ccccc1. The molecule has 23 heavy (non-hydrogen) atoms. The number of rotatable bonds is 7. The molecule has 0 aliphatic rings. The van der Waals surface area contributed by atoms with Crippen molar-refractivity contribution in [1.82, 2.24) is 0 Å². The van der Waals surface area contributed by atoms with E-state index in [1.807, 2.05) is 30.3 Å². The highest BCUT2D eigenvalue weighted by atomic mass is 28.4. The molecule has 0 spiro atoms. The van der Waals surface area contributed by atoms with Crippen LogP contribution in [0.3, 0.4) is 0 Å². The summed E-state index contributed by atoms with van der Waals surface area (Å²) in [4.78, 5) is 11.8. The summed E-state index contributed by atoms with van der Waals surface area (Å²) in [7, 11) is -2.11. The van der Waals surface area contributed by atoms with Crippen molar-refractivity contribution in [3.05, 3.63) is 35.9 Å². The van der Waals surface area contributed by atoms with Crippen LogP contribution in [0.4, 0.5) is 0 Å². The maximum Gasteiger partial charge on any atom is 0.309 e. The second-order valence-electron chi connectivity index (χ2n) is 7.40. The Morgan fingerprint density at radius 2 is 1.87 bits per heavy atom. The maximum absolute atomic E-state index is 11.8. The van der Waals surface area contributed by atoms with Gasteiger partial charge in [-0.25, -0.2) is 0 Å². The second-order valence-corrected chi connectivity index (χ2v) is 12.2. The molecule has 0 aromatic heterocycles. The van der Waals surface area contributed by atoms with E-state index in [-0.39, 0.29) is 5.04 Å². The zero-order chi connectivity index (χ0) is 17.7. The van der Waals surface area contributed by atoms with E-state index < -0.39 is 26.3 Å². The summed E-state index contributed by atoms with van der Waals surface area (Å²) in [5, 5.41) is 9.71. The van der Waals surface area contributed by atoms with Crippen molar-refractivity contribution in [3.63, 3.8) is 0 Å². The Kier molecular flexibility index (Phi) is 6.61. The van der Waals surface area contributed by atoms with Crippen LogP contribution >= 0.6 is 0 Å². The zero-order valence-corrected chi connectivity index (χ0v) is 15.8. The van der Waals surface area contributed by atoms with Crippen LogP contribution in [-0.2, 0) is 9.22 Å². The van der Waals surface area contributed by atoms with Gasteiger partial charge >= 0.3 is 5.97 Å². The zero-order valence-electron chi connectivity index (χ0n) is 14.8. The Labute approximate surface area is 141 Å². The molecule has 0 aliphatic heterocycles. The summed E-state index contributed by atoms with van der Waals surface area (Å²) in [5.74, 6) is 1.05. The number of hydrogen-bond donors (Lipinski definition) is 1. The molecule has 1 aromatic rings. The van der Waals surface area contributed by atoms with Gasteiger partial charge in [0.2, 0.25) is 0 Å². The van der Waals surface area contributed by atoms with Crippen molar-refractivity contribution < 1.29 is 14.3 Å². The molecule has 126 valence electrons. The van der Waals surface area contributed by atoms with E-state index in [1.54, 1.807) is 0 Å². The van der Waals surface area contributed by atoms with Crippen LogP contribution < -0.4 is 0 Å². The molecule has 0 radical (unpaired) electrons. The Bertz CT molecular complexity index is 552. The number of hydrogen-bond acceptors (Lipinski definition) is 2. The lowest BCUT2D eigenvalue weighted by atomic mass is 9.92. The summed E-state index contributed by atoms with van der Waals surface area (Å²) >= 11 is 0. The third kappa shape index (κ3) is 5.23. The van der Waals surface area contributed by atoms with Gasteiger partial charge in [-0.05, 0) is 30.1 Å². The van der Waals surface area contributed by atoms with Crippen molar-refractivity contribution in [2.75, 3.05) is 0 Å². The average molecular weight is 333 g/mol. The molecule has 0 amide bonds. The van der Waals surface area contributed by atoms with E-state index in [9.17, 15) is 9.90 Å². The van der Waals surface area contributed by atoms with E-state index in [1.165, 1.54) is 0 Å². The summed E-state index contributed by atoms with van der Waals surface area (Å²) < 4.78 is 6.50. The molecule has 2 atom stereocenters. The van der Waals surface area contributed by atoms with Crippen LogP contribution in [0.15, 0.2) is 30.3 Å². The van der Waals surface area contributed by atoms with E-state index in [4.69, 9.17) is 10.8 Å². The fraction of sp³-hybridized carbons (Fsp3) is 0.526. The molecule has 1 aromatic carbocycles. The van der Waals surface area contributed by atoms with Crippen LogP contribution in [-0.4, -0.2) is 19.4 Å². The fourth-order valence-electron chi connectivity index (χ4n) is 2.16. The first-order chi connectivity index (χ1) is 10.6. The smallest absolute Gasteiger partial charge is 0.309 e. The standard InChI is InChI=1S/C19H28O3Si/c1-7-8-14-16(18(20)21)17(15-12-10-9-11-13-15)22-23(5,6)19(2,3)4/h1,9-13,16-17H,8,14H2,2-6H3,(H,20,21)/t16-,17-/m1/s1. The number of carboxylic acid groups (broad SMARTS) is 1. The summed E-state index contributed by atoms with van der Waals surface area (Å²) in [5.41, 5.74) is 0.904. The van der Waals surface area contributed by atoms with Crippen molar-refractivity contribution in [3.8, 4) is 12.3 Å². The summed E-state index contributed by atoms with van der Waals surface area (Å²) in [6, 6.07) is 9.62. The van der Waals surface area contributed by atoms with Gasteiger partial charge in [-0.1, -0.05) is 51.1 Å². The molecule has 0 saturated heterocycles. The number of terminal acetylenes is 1. The Balaban J connectivity index is 3.22. The first-order valence-corrected chi connectivity index (χ1v) is 10.9. The van der Waals surface area contributed by atoms with Crippen molar-refractivity contribution in [1.29, 1.82) is 0 Å². The van der Waals surface area contributed by atoms with E-state index >= 15 is 0 Å². The Morgan fingerprint density at radius 3 is 2.30 bits per heavy atom. The average Bonchev–Trinajstić information content (AvgIpc) is 2.45. The van der Waals surface area contributed by atoms with Crippen molar-refractivity contribution in [2.24, 2.45) is 5.92 Å². The van der Waals surface area contributed by atoms with E-state index in [2.05, 4.69) is 39.8 Å². The normalized spacial score (nSPS) is 14.8. The molecule has 0 unspecified atom stereocenters. The highest BCUT2D eigenvalue weighted by molar-refractivity contribution is 6.74. The lowest BCUT2D eigenvalue weighted by Crippen LogP contribution is -2.44. The molecule has 0 heterocycles. The highest BCUT2D eigenvalue weighted by Crippen LogP contribution is 2.42. The Hall–Kier alpha value is -1.57. The predicted molar refractivity (Wildman–Crippen MR) is 96.7 cm³/mol. The van der Waals surface area contributed by atoms with E-state index in [0.717, 1.165) is 5.56 Å². The number of carboxylic acids is 1. The van der Waals surface area contributed by atoms with Crippen LogP contribution in [0.5, 0.6) is 0 Å². The molecule has 0 fully saturated rings. The van der Waals surface area contributed by atoms with Gasteiger partial charge in [0.25, 0.3) is 0 Å². The van der Waals surface area contributed by atoms with Gasteiger partial charge in [-0.2, -0.15) is 0 Å². The molecule has 0 aliphatic carbocycles. The topological polar surface area (TPSA) is 46.5 Å². The van der Waals surface area contributed by atoms with Crippen molar-refractivity contribution >= 4 is 14.3 Å². The van der Waals surface area contributed by atoms with Gasteiger partial charge in [0, 0.05) is 6.42 Å². The summed E-state index contributed by atoms with van der Waals surface area (Å²) in [6.07, 6.45) is 5.72. The predicted octanol–water partition coefficient (Wildman–Crippen LogP) is 4.86. The molecule has 4 heteroatoms. The first-order valence-electron chi connectivity index (χ1n) is 7.99. The molecule has 0 bridgehead atoms. The molecule has 3 nitrogen and oxygen atoms in total. The van der Waals surface area contributed by atoms with Gasteiger partial charge in [0.15, 0.2) is 8.32 Å².